The van der Waals surface area contributed by atoms with Crippen LogP contribution in [0.1, 0.15) is 19.3 Å². The molecule has 3 N–H and O–H groups in total. The molecule has 0 radical (unpaired) electrons. The minimum Gasteiger partial charge on any atom is -0.388 e. The first-order valence-electron chi connectivity index (χ1n) is 6.38. The number of rotatable bonds is 3. The molecule has 2 aliphatic heterocycles. The first kappa shape index (κ1) is 13.7. The van der Waals surface area contributed by atoms with Crippen LogP contribution >= 0.6 is 0 Å². The van der Waals surface area contributed by atoms with Crippen LogP contribution in [0.3, 0.4) is 0 Å². The van der Waals surface area contributed by atoms with E-state index in [4.69, 9.17) is 15.2 Å². The lowest BCUT2D eigenvalue weighted by atomic mass is 9.92. The number of hydrogen-bond donors (Lipinski definition) is 2. The van der Waals surface area contributed by atoms with Crippen molar-refractivity contribution in [2.24, 2.45) is 5.73 Å². The van der Waals surface area contributed by atoms with Crippen LogP contribution in [-0.2, 0) is 14.3 Å². The van der Waals surface area contributed by atoms with E-state index in [1.165, 1.54) is 4.90 Å². The molecule has 0 spiro atoms. The van der Waals surface area contributed by atoms with E-state index in [1.54, 1.807) is 7.05 Å². The third-order valence-electron chi connectivity index (χ3n) is 3.78. The zero-order valence-corrected chi connectivity index (χ0v) is 10.9. The molecular weight excluding hydrogens is 236 g/mol. The van der Waals surface area contributed by atoms with Gasteiger partial charge in [-0.1, -0.05) is 0 Å². The monoisotopic (exact) mass is 258 g/mol. The number of nitrogens with zero attached hydrogens (tertiary/aromatic N) is 1. The van der Waals surface area contributed by atoms with E-state index in [0.717, 1.165) is 0 Å². The van der Waals surface area contributed by atoms with Gasteiger partial charge in [0.2, 0.25) is 5.91 Å². The Balaban J connectivity index is 1.94. The van der Waals surface area contributed by atoms with Crippen LogP contribution in [0.25, 0.3) is 0 Å². The SMILES string of the molecule is CN(CC1(O)CCOCC1)C(=O)C1(N)CCOC1. The molecule has 2 fully saturated rings. The van der Waals surface area contributed by atoms with Crippen molar-refractivity contribution in [2.45, 2.75) is 30.4 Å². The maximum absolute atomic E-state index is 12.3. The molecule has 0 aromatic heterocycles. The highest BCUT2D eigenvalue weighted by molar-refractivity contribution is 5.86. The van der Waals surface area contributed by atoms with E-state index in [0.29, 0.717) is 45.6 Å². The number of hydrogen-bond acceptors (Lipinski definition) is 5. The van der Waals surface area contributed by atoms with Crippen molar-refractivity contribution >= 4 is 5.91 Å². The van der Waals surface area contributed by atoms with Crippen molar-refractivity contribution in [3.8, 4) is 0 Å². The first-order chi connectivity index (χ1) is 8.45. The minimum absolute atomic E-state index is 0.153. The van der Waals surface area contributed by atoms with Crippen molar-refractivity contribution in [1.29, 1.82) is 0 Å². The lowest BCUT2D eigenvalue weighted by molar-refractivity contribution is -0.142. The molecule has 2 heterocycles. The Bertz CT molecular complexity index is 309. The summed E-state index contributed by atoms with van der Waals surface area (Å²) in [7, 11) is 1.68. The normalized spacial score (nSPS) is 31.3. The molecule has 2 aliphatic rings. The number of likely N-dealkylation sites (N-methyl/N-ethyl adjacent to an activating group) is 1. The summed E-state index contributed by atoms with van der Waals surface area (Å²) in [6.45, 7) is 2.16. The fraction of sp³-hybridized carbons (Fsp3) is 0.917. The van der Waals surface area contributed by atoms with Gasteiger partial charge in [-0.2, -0.15) is 0 Å². The average Bonchev–Trinajstić information content (AvgIpc) is 2.77. The smallest absolute Gasteiger partial charge is 0.244 e. The van der Waals surface area contributed by atoms with Gasteiger partial charge in [0.05, 0.1) is 12.2 Å². The predicted molar refractivity (Wildman–Crippen MR) is 65.0 cm³/mol. The van der Waals surface area contributed by atoms with Gasteiger partial charge in [-0.15, -0.1) is 0 Å². The van der Waals surface area contributed by atoms with Gasteiger partial charge in [0, 0.05) is 46.3 Å². The second kappa shape index (κ2) is 5.13. The van der Waals surface area contributed by atoms with Gasteiger partial charge in [-0.25, -0.2) is 0 Å². The van der Waals surface area contributed by atoms with Crippen LogP contribution in [0.15, 0.2) is 0 Å². The molecule has 1 atom stereocenters. The molecule has 0 saturated carbocycles. The second-order valence-corrected chi connectivity index (χ2v) is 5.46. The van der Waals surface area contributed by atoms with Gasteiger partial charge in [-0.3, -0.25) is 4.79 Å². The first-order valence-corrected chi connectivity index (χ1v) is 6.38. The quantitative estimate of drug-likeness (QED) is 0.685. The lowest BCUT2D eigenvalue weighted by Gasteiger charge is -2.37. The van der Waals surface area contributed by atoms with Crippen molar-refractivity contribution < 1.29 is 19.4 Å². The Hall–Kier alpha value is -0.690. The average molecular weight is 258 g/mol. The van der Waals surface area contributed by atoms with E-state index in [9.17, 15) is 9.90 Å². The summed E-state index contributed by atoms with van der Waals surface area (Å²) in [6.07, 6.45) is 1.65. The fourth-order valence-corrected chi connectivity index (χ4v) is 2.55. The van der Waals surface area contributed by atoms with E-state index in [2.05, 4.69) is 0 Å². The van der Waals surface area contributed by atoms with Gasteiger partial charge in [-0.05, 0) is 6.42 Å². The molecule has 1 amide bonds. The molecule has 18 heavy (non-hydrogen) atoms. The molecule has 6 heteroatoms. The summed E-state index contributed by atoms with van der Waals surface area (Å²) in [6, 6.07) is 0. The minimum atomic E-state index is -0.920. The maximum Gasteiger partial charge on any atom is 0.244 e. The van der Waals surface area contributed by atoms with Crippen LogP contribution in [0, 0.1) is 0 Å². The zero-order valence-electron chi connectivity index (χ0n) is 10.9. The summed E-state index contributed by atoms with van der Waals surface area (Å²) >= 11 is 0. The predicted octanol–water partition coefficient (Wildman–Crippen LogP) is -0.896. The van der Waals surface area contributed by atoms with Crippen LogP contribution in [0.2, 0.25) is 0 Å². The van der Waals surface area contributed by atoms with E-state index >= 15 is 0 Å². The molecule has 104 valence electrons. The number of ether oxygens (including phenoxy) is 2. The fourth-order valence-electron chi connectivity index (χ4n) is 2.55. The summed E-state index contributed by atoms with van der Waals surface area (Å²) in [5.41, 5.74) is 4.26. The van der Waals surface area contributed by atoms with Crippen molar-refractivity contribution in [1.82, 2.24) is 4.90 Å². The Morgan fingerprint density at radius 2 is 1.89 bits per heavy atom. The number of carbonyl (C=O) groups excluding carboxylic acids is 1. The molecule has 1 unspecified atom stereocenters. The van der Waals surface area contributed by atoms with Gasteiger partial charge >= 0.3 is 0 Å². The zero-order chi connectivity index (χ0) is 13.2. The van der Waals surface area contributed by atoms with E-state index in [-0.39, 0.29) is 12.5 Å². The van der Waals surface area contributed by atoms with Crippen molar-refractivity contribution in [3.05, 3.63) is 0 Å². The third kappa shape index (κ3) is 2.83. The summed E-state index contributed by atoms with van der Waals surface area (Å²) in [4.78, 5) is 13.8. The molecule has 0 bridgehead atoms. The Labute approximate surface area is 107 Å². The van der Waals surface area contributed by atoms with Crippen LogP contribution in [-0.4, -0.2) is 67.1 Å². The highest BCUT2D eigenvalue weighted by Gasteiger charge is 2.42. The number of amides is 1. The number of nitrogens with two attached hydrogens (primary N) is 1. The van der Waals surface area contributed by atoms with Gasteiger partial charge in [0.1, 0.15) is 5.54 Å². The molecular formula is C12H22N2O4. The van der Waals surface area contributed by atoms with Crippen LogP contribution in [0.4, 0.5) is 0 Å². The number of carbonyl (C=O) groups is 1. The standard InChI is InChI=1S/C12H22N2O4/c1-14(8-11(16)2-5-17-6-3-11)10(15)12(13)4-7-18-9-12/h16H,2-9,13H2,1H3. The Kier molecular flexibility index (Phi) is 3.91. The van der Waals surface area contributed by atoms with Gasteiger partial charge in [0.15, 0.2) is 0 Å². The van der Waals surface area contributed by atoms with Crippen molar-refractivity contribution in [3.63, 3.8) is 0 Å². The highest BCUT2D eigenvalue weighted by Crippen LogP contribution is 2.24. The highest BCUT2D eigenvalue weighted by atomic mass is 16.5. The summed E-state index contributed by atoms with van der Waals surface area (Å²) in [5.74, 6) is -0.153. The lowest BCUT2D eigenvalue weighted by Crippen LogP contribution is -2.58. The maximum atomic E-state index is 12.3. The van der Waals surface area contributed by atoms with E-state index in [1.807, 2.05) is 0 Å². The Morgan fingerprint density at radius 3 is 2.44 bits per heavy atom. The molecule has 6 nitrogen and oxygen atoms in total. The molecule has 0 aromatic carbocycles. The molecule has 2 rings (SSSR count). The second-order valence-electron chi connectivity index (χ2n) is 5.46. The molecule has 0 aliphatic carbocycles. The van der Waals surface area contributed by atoms with Crippen LogP contribution < -0.4 is 5.73 Å². The third-order valence-corrected chi connectivity index (χ3v) is 3.78. The molecule has 0 aromatic rings. The van der Waals surface area contributed by atoms with E-state index < -0.39 is 11.1 Å². The van der Waals surface area contributed by atoms with Gasteiger partial charge in [0.25, 0.3) is 0 Å². The van der Waals surface area contributed by atoms with Crippen LogP contribution in [0.5, 0.6) is 0 Å². The molecule has 2 saturated heterocycles. The number of aliphatic hydroxyl groups is 1. The van der Waals surface area contributed by atoms with Gasteiger partial charge < -0.3 is 25.2 Å². The van der Waals surface area contributed by atoms with Crippen molar-refractivity contribution in [2.75, 3.05) is 40.0 Å². The largest absolute Gasteiger partial charge is 0.388 e. The topological polar surface area (TPSA) is 85.0 Å². The Morgan fingerprint density at radius 1 is 1.28 bits per heavy atom. The summed E-state index contributed by atoms with van der Waals surface area (Å²) in [5, 5.41) is 10.4. The summed E-state index contributed by atoms with van der Waals surface area (Å²) < 4.78 is 10.4.